The number of nitrogens with zero attached hydrogens (tertiary/aromatic N) is 3. The van der Waals surface area contributed by atoms with Crippen molar-refractivity contribution in [3.63, 3.8) is 0 Å². The normalized spacial score (nSPS) is 10.4. The third kappa shape index (κ3) is 3.71. The number of rotatable bonds is 5. The maximum absolute atomic E-state index is 12.0. The number of aromatic nitrogens is 3. The Morgan fingerprint density at radius 2 is 2.19 bits per heavy atom. The van der Waals surface area contributed by atoms with Crippen molar-refractivity contribution in [3.05, 3.63) is 29.8 Å². The Labute approximate surface area is 123 Å². The molecule has 0 aliphatic heterocycles. The van der Waals surface area contributed by atoms with Crippen LogP contribution in [0.4, 0.5) is 11.4 Å². The van der Waals surface area contributed by atoms with Gasteiger partial charge in [0.15, 0.2) is 0 Å². The summed E-state index contributed by atoms with van der Waals surface area (Å²) in [5.41, 5.74) is 6.84. The summed E-state index contributed by atoms with van der Waals surface area (Å²) in [4.78, 5) is 16.2. The van der Waals surface area contributed by atoms with Crippen LogP contribution >= 0.6 is 0 Å². The van der Waals surface area contributed by atoms with E-state index in [1.807, 2.05) is 13.8 Å². The number of carbonyl (C=O) groups is 1. The summed E-state index contributed by atoms with van der Waals surface area (Å²) in [6.45, 7) is 4.16. The summed E-state index contributed by atoms with van der Waals surface area (Å²) < 4.78 is 6.90. The Morgan fingerprint density at radius 3 is 2.81 bits per heavy atom. The number of hydrogen-bond donors (Lipinski definition) is 2. The maximum Gasteiger partial charge on any atom is 0.226 e. The number of benzene rings is 1. The summed E-state index contributed by atoms with van der Waals surface area (Å²) in [6.07, 6.45) is 0.293. The lowest BCUT2D eigenvalue weighted by atomic mass is 10.2. The Balaban J connectivity index is 1.99. The van der Waals surface area contributed by atoms with Crippen LogP contribution in [0.25, 0.3) is 0 Å². The van der Waals surface area contributed by atoms with Crippen LogP contribution in [-0.4, -0.2) is 27.8 Å². The zero-order valence-electron chi connectivity index (χ0n) is 12.4. The highest BCUT2D eigenvalue weighted by Gasteiger charge is 2.10. The van der Waals surface area contributed by atoms with Gasteiger partial charge in [-0.1, -0.05) is 0 Å². The largest absolute Gasteiger partial charge is 0.495 e. The molecule has 0 aliphatic carbocycles. The Bertz CT molecular complexity index is 651. The molecule has 0 radical (unpaired) electrons. The third-order valence-electron chi connectivity index (χ3n) is 3.01. The van der Waals surface area contributed by atoms with Crippen LogP contribution < -0.4 is 15.8 Å². The van der Waals surface area contributed by atoms with E-state index in [1.165, 1.54) is 0 Å². The molecule has 2 aromatic rings. The van der Waals surface area contributed by atoms with Crippen LogP contribution in [-0.2, 0) is 11.3 Å². The molecule has 1 aromatic carbocycles. The van der Waals surface area contributed by atoms with Gasteiger partial charge >= 0.3 is 0 Å². The molecule has 0 bridgehead atoms. The molecule has 0 saturated carbocycles. The molecular formula is C14H19N5O2. The smallest absolute Gasteiger partial charge is 0.226 e. The van der Waals surface area contributed by atoms with E-state index >= 15 is 0 Å². The Kier molecular flexibility index (Phi) is 4.42. The number of methoxy groups -OCH3 is 1. The SMILES string of the molecule is COc1ccc(N)cc1NC(=O)CCn1nc(C)nc1C. The van der Waals surface area contributed by atoms with Crippen molar-refractivity contribution in [3.8, 4) is 5.75 Å². The molecular weight excluding hydrogens is 270 g/mol. The average Bonchev–Trinajstić information content (AvgIpc) is 2.75. The van der Waals surface area contributed by atoms with E-state index in [-0.39, 0.29) is 5.91 Å². The summed E-state index contributed by atoms with van der Waals surface area (Å²) in [7, 11) is 1.54. The van der Waals surface area contributed by atoms with Gasteiger partial charge in [0.25, 0.3) is 0 Å². The lowest BCUT2D eigenvalue weighted by molar-refractivity contribution is -0.116. The topological polar surface area (TPSA) is 95.1 Å². The van der Waals surface area contributed by atoms with Gasteiger partial charge in [-0.05, 0) is 32.0 Å². The van der Waals surface area contributed by atoms with E-state index in [4.69, 9.17) is 10.5 Å². The van der Waals surface area contributed by atoms with Crippen molar-refractivity contribution in [2.24, 2.45) is 0 Å². The number of anilines is 2. The first-order valence-corrected chi connectivity index (χ1v) is 6.61. The van der Waals surface area contributed by atoms with Crippen LogP contribution in [0.3, 0.4) is 0 Å². The molecule has 7 nitrogen and oxygen atoms in total. The number of amides is 1. The molecule has 112 valence electrons. The predicted molar refractivity (Wildman–Crippen MR) is 80.1 cm³/mol. The van der Waals surface area contributed by atoms with E-state index in [0.29, 0.717) is 35.9 Å². The van der Waals surface area contributed by atoms with Gasteiger partial charge < -0.3 is 15.8 Å². The molecule has 0 unspecified atom stereocenters. The molecule has 0 atom stereocenters. The van der Waals surface area contributed by atoms with Gasteiger partial charge in [0.05, 0.1) is 19.3 Å². The fourth-order valence-corrected chi connectivity index (χ4v) is 2.02. The van der Waals surface area contributed by atoms with Crippen molar-refractivity contribution in [1.29, 1.82) is 0 Å². The first-order valence-electron chi connectivity index (χ1n) is 6.61. The maximum atomic E-state index is 12.0. The summed E-state index contributed by atoms with van der Waals surface area (Å²) in [6, 6.07) is 5.10. The first kappa shape index (κ1) is 14.8. The molecule has 0 fully saturated rings. The Morgan fingerprint density at radius 1 is 1.43 bits per heavy atom. The fraction of sp³-hybridized carbons (Fsp3) is 0.357. The van der Waals surface area contributed by atoms with E-state index in [9.17, 15) is 4.79 Å². The molecule has 0 spiro atoms. The van der Waals surface area contributed by atoms with Crippen molar-refractivity contribution in [1.82, 2.24) is 14.8 Å². The van der Waals surface area contributed by atoms with Crippen LogP contribution in [0.5, 0.6) is 5.75 Å². The molecule has 7 heteroatoms. The number of hydrogen-bond acceptors (Lipinski definition) is 5. The average molecular weight is 289 g/mol. The quantitative estimate of drug-likeness (QED) is 0.814. The molecule has 1 amide bonds. The van der Waals surface area contributed by atoms with E-state index < -0.39 is 0 Å². The van der Waals surface area contributed by atoms with Crippen LogP contribution in [0.15, 0.2) is 18.2 Å². The lowest BCUT2D eigenvalue weighted by Gasteiger charge is -2.11. The summed E-state index contributed by atoms with van der Waals surface area (Å²) >= 11 is 0. The number of ether oxygens (including phenoxy) is 1. The second-order valence-electron chi connectivity index (χ2n) is 4.69. The zero-order valence-corrected chi connectivity index (χ0v) is 12.4. The van der Waals surface area contributed by atoms with Crippen LogP contribution in [0, 0.1) is 13.8 Å². The Hall–Kier alpha value is -2.57. The first-order chi connectivity index (χ1) is 9.99. The predicted octanol–water partition coefficient (Wildman–Crippen LogP) is 1.51. The van der Waals surface area contributed by atoms with Gasteiger partial charge in [0.1, 0.15) is 17.4 Å². The van der Waals surface area contributed by atoms with Crippen molar-refractivity contribution < 1.29 is 9.53 Å². The number of nitrogens with two attached hydrogens (primary N) is 1. The highest BCUT2D eigenvalue weighted by atomic mass is 16.5. The molecule has 3 N–H and O–H groups in total. The van der Waals surface area contributed by atoms with Crippen molar-refractivity contribution in [2.45, 2.75) is 26.8 Å². The molecule has 1 heterocycles. The second kappa shape index (κ2) is 6.25. The second-order valence-corrected chi connectivity index (χ2v) is 4.69. The van der Waals surface area contributed by atoms with Gasteiger partial charge in [0, 0.05) is 12.1 Å². The van der Waals surface area contributed by atoms with Gasteiger partial charge in [-0.2, -0.15) is 5.10 Å². The number of nitrogens with one attached hydrogen (secondary N) is 1. The highest BCUT2D eigenvalue weighted by molar-refractivity contribution is 5.92. The highest BCUT2D eigenvalue weighted by Crippen LogP contribution is 2.26. The van der Waals surface area contributed by atoms with E-state index in [1.54, 1.807) is 30.0 Å². The van der Waals surface area contributed by atoms with Crippen molar-refractivity contribution >= 4 is 17.3 Å². The number of nitrogen functional groups attached to an aromatic ring is 1. The van der Waals surface area contributed by atoms with E-state index in [2.05, 4.69) is 15.4 Å². The minimum Gasteiger partial charge on any atom is -0.495 e. The van der Waals surface area contributed by atoms with Crippen molar-refractivity contribution in [2.75, 3.05) is 18.2 Å². The van der Waals surface area contributed by atoms with Crippen LogP contribution in [0.2, 0.25) is 0 Å². The fourth-order valence-electron chi connectivity index (χ4n) is 2.02. The lowest BCUT2D eigenvalue weighted by Crippen LogP contribution is -2.16. The van der Waals surface area contributed by atoms with Gasteiger partial charge in [-0.25, -0.2) is 9.67 Å². The number of carbonyl (C=O) groups excluding carboxylic acids is 1. The summed E-state index contributed by atoms with van der Waals surface area (Å²) in [5.74, 6) is 1.93. The van der Waals surface area contributed by atoms with Gasteiger partial charge in [-0.15, -0.1) is 0 Å². The molecule has 0 saturated heterocycles. The van der Waals surface area contributed by atoms with E-state index in [0.717, 1.165) is 5.82 Å². The standard InChI is InChI=1S/C14H19N5O2/c1-9-16-10(2)19(18-9)7-6-14(20)17-12-8-11(15)4-5-13(12)21-3/h4-5,8H,6-7,15H2,1-3H3,(H,17,20). The number of aryl methyl sites for hydroxylation is 3. The zero-order chi connectivity index (χ0) is 15.4. The minimum atomic E-state index is -0.133. The third-order valence-corrected chi connectivity index (χ3v) is 3.01. The van der Waals surface area contributed by atoms with Gasteiger partial charge in [-0.3, -0.25) is 4.79 Å². The molecule has 2 rings (SSSR count). The molecule has 21 heavy (non-hydrogen) atoms. The molecule has 1 aromatic heterocycles. The monoisotopic (exact) mass is 289 g/mol. The molecule has 0 aliphatic rings. The van der Waals surface area contributed by atoms with Gasteiger partial charge in [0.2, 0.25) is 5.91 Å². The summed E-state index contributed by atoms with van der Waals surface area (Å²) in [5, 5.41) is 7.01. The van der Waals surface area contributed by atoms with Crippen LogP contribution in [0.1, 0.15) is 18.1 Å². The minimum absolute atomic E-state index is 0.133.